The summed E-state index contributed by atoms with van der Waals surface area (Å²) in [5, 5.41) is 11.0. The Balaban J connectivity index is 3.07. The lowest BCUT2D eigenvalue weighted by molar-refractivity contribution is -0.385. The maximum atomic E-state index is 12.5. The van der Waals surface area contributed by atoms with Crippen molar-refractivity contribution in [3.63, 3.8) is 0 Å². The monoisotopic (exact) mass is 295 g/mol. The Morgan fingerprint density at radius 3 is 2.57 bits per heavy atom. The molecule has 8 heteroatoms. The fourth-order valence-corrected chi connectivity index (χ4v) is 1.86. The number of nitrogen functional groups attached to an aromatic ring is 1. The summed E-state index contributed by atoms with van der Waals surface area (Å²) in [6.07, 6.45) is 1.80. The average molecular weight is 295 g/mol. The smallest absolute Gasteiger partial charge is 0.300 e. The number of nitro groups is 1. The van der Waals surface area contributed by atoms with Crippen LogP contribution in [0.5, 0.6) is 0 Å². The van der Waals surface area contributed by atoms with E-state index >= 15 is 0 Å². The van der Waals surface area contributed by atoms with E-state index in [2.05, 4.69) is 4.98 Å². The summed E-state index contributed by atoms with van der Waals surface area (Å²) >= 11 is 0. The van der Waals surface area contributed by atoms with Crippen molar-refractivity contribution in [1.82, 2.24) is 14.8 Å². The van der Waals surface area contributed by atoms with Gasteiger partial charge in [0.1, 0.15) is 17.6 Å². The maximum absolute atomic E-state index is 12.5. The summed E-state index contributed by atoms with van der Waals surface area (Å²) in [6, 6.07) is 1.26. The molecule has 0 fully saturated rings. The Morgan fingerprint density at radius 2 is 2.05 bits per heavy atom. The second-order valence-electron chi connectivity index (χ2n) is 4.98. The number of nitrogens with zero attached hydrogens (tertiary/aromatic N) is 4. The summed E-state index contributed by atoms with van der Waals surface area (Å²) in [5.74, 6) is -0.299. The van der Waals surface area contributed by atoms with Crippen LogP contribution in [0.1, 0.15) is 23.7 Å². The second-order valence-corrected chi connectivity index (χ2v) is 4.98. The minimum Gasteiger partial charge on any atom is -0.384 e. The number of pyridine rings is 1. The van der Waals surface area contributed by atoms with Crippen LogP contribution in [0.15, 0.2) is 12.3 Å². The molecule has 0 saturated heterocycles. The molecule has 0 aliphatic rings. The van der Waals surface area contributed by atoms with Gasteiger partial charge in [0.05, 0.1) is 4.92 Å². The van der Waals surface area contributed by atoms with Crippen LogP contribution in [0.2, 0.25) is 0 Å². The fourth-order valence-electron chi connectivity index (χ4n) is 1.86. The number of aromatic nitrogens is 1. The summed E-state index contributed by atoms with van der Waals surface area (Å²) in [6.45, 7) is 3.66. The number of hydrogen-bond acceptors (Lipinski definition) is 6. The lowest BCUT2D eigenvalue weighted by atomic mass is 10.2. The van der Waals surface area contributed by atoms with Crippen LogP contribution in [0.25, 0.3) is 0 Å². The molecule has 0 aliphatic heterocycles. The van der Waals surface area contributed by atoms with Gasteiger partial charge in [0, 0.05) is 19.6 Å². The van der Waals surface area contributed by atoms with E-state index in [4.69, 9.17) is 5.73 Å². The normalized spacial score (nSPS) is 10.7. The SMILES string of the molecule is CCCN(CCN(C)C)C(=O)c1cc(N)ncc1[N+](=O)[O-]. The van der Waals surface area contributed by atoms with E-state index in [0.717, 1.165) is 12.6 Å². The van der Waals surface area contributed by atoms with Crippen LogP contribution in [-0.4, -0.2) is 59.3 Å². The maximum Gasteiger partial charge on any atom is 0.300 e. The first-order valence-corrected chi connectivity index (χ1v) is 6.70. The third-order valence-electron chi connectivity index (χ3n) is 2.93. The lowest BCUT2D eigenvalue weighted by Crippen LogP contribution is -2.37. The highest BCUT2D eigenvalue weighted by Crippen LogP contribution is 2.21. The van der Waals surface area contributed by atoms with Gasteiger partial charge >= 0.3 is 0 Å². The van der Waals surface area contributed by atoms with Gasteiger partial charge in [-0.2, -0.15) is 0 Å². The van der Waals surface area contributed by atoms with E-state index in [-0.39, 0.29) is 23.0 Å². The van der Waals surface area contributed by atoms with Gasteiger partial charge < -0.3 is 15.5 Å². The fraction of sp³-hybridized carbons (Fsp3) is 0.538. The summed E-state index contributed by atoms with van der Waals surface area (Å²) in [7, 11) is 3.81. The van der Waals surface area contributed by atoms with Crippen LogP contribution < -0.4 is 5.73 Å². The predicted molar refractivity (Wildman–Crippen MR) is 80.1 cm³/mol. The number of carbonyl (C=O) groups excluding carboxylic acids is 1. The molecule has 8 nitrogen and oxygen atoms in total. The van der Waals surface area contributed by atoms with E-state index in [9.17, 15) is 14.9 Å². The zero-order valence-corrected chi connectivity index (χ0v) is 12.6. The molecular weight excluding hydrogens is 274 g/mol. The molecule has 0 spiro atoms. The Labute approximate surface area is 123 Å². The highest BCUT2D eigenvalue weighted by atomic mass is 16.6. The molecule has 0 unspecified atom stereocenters. The summed E-state index contributed by atoms with van der Waals surface area (Å²) < 4.78 is 0. The highest BCUT2D eigenvalue weighted by molar-refractivity contribution is 5.98. The van der Waals surface area contributed by atoms with Gasteiger partial charge in [-0.1, -0.05) is 6.92 Å². The first-order valence-electron chi connectivity index (χ1n) is 6.70. The van der Waals surface area contributed by atoms with Gasteiger partial charge in [-0.3, -0.25) is 14.9 Å². The van der Waals surface area contributed by atoms with Crippen molar-refractivity contribution >= 4 is 17.4 Å². The van der Waals surface area contributed by atoms with E-state index in [1.165, 1.54) is 6.07 Å². The van der Waals surface area contributed by atoms with Gasteiger partial charge in [-0.05, 0) is 26.6 Å². The van der Waals surface area contributed by atoms with E-state index in [0.29, 0.717) is 19.6 Å². The molecular formula is C13H21N5O3. The number of carbonyl (C=O) groups is 1. The molecule has 0 bridgehead atoms. The van der Waals surface area contributed by atoms with Crippen molar-refractivity contribution in [3.05, 3.63) is 27.9 Å². The standard InChI is InChI=1S/C13H21N5O3/c1-4-5-17(7-6-16(2)3)13(19)10-8-12(14)15-9-11(10)18(20)21/h8-9H,4-7H2,1-3H3,(H2,14,15). The third-order valence-corrected chi connectivity index (χ3v) is 2.93. The molecule has 0 radical (unpaired) electrons. The molecule has 1 amide bonds. The number of amides is 1. The number of likely N-dealkylation sites (N-methyl/N-ethyl adjacent to an activating group) is 1. The average Bonchev–Trinajstić information content (AvgIpc) is 2.42. The van der Waals surface area contributed by atoms with E-state index < -0.39 is 4.92 Å². The summed E-state index contributed by atoms with van der Waals surface area (Å²) in [4.78, 5) is 30.2. The molecule has 1 rings (SSSR count). The first-order chi connectivity index (χ1) is 9.86. The van der Waals surface area contributed by atoms with E-state index in [1.807, 2.05) is 25.9 Å². The van der Waals surface area contributed by atoms with Crippen molar-refractivity contribution in [1.29, 1.82) is 0 Å². The number of hydrogen-bond donors (Lipinski definition) is 1. The highest BCUT2D eigenvalue weighted by Gasteiger charge is 2.25. The zero-order chi connectivity index (χ0) is 16.0. The Kier molecular flexibility index (Phi) is 6.04. The van der Waals surface area contributed by atoms with Crippen LogP contribution in [0.4, 0.5) is 11.5 Å². The largest absolute Gasteiger partial charge is 0.384 e. The zero-order valence-electron chi connectivity index (χ0n) is 12.6. The van der Waals surface area contributed by atoms with Gasteiger partial charge in [0.2, 0.25) is 0 Å². The first kappa shape index (κ1) is 16.8. The lowest BCUT2D eigenvalue weighted by Gasteiger charge is -2.24. The molecule has 116 valence electrons. The Morgan fingerprint density at radius 1 is 1.38 bits per heavy atom. The minimum atomic E-state index is -0.615. The van der Waals surface area contributed by atoms with Gasteiger partial charge in [-0.15, -0.1) is 0 Å². The number of nitrogens with two attached hydrogens (primary N) is 1. The van der Waals surface area contributed by atoms with Crippen LogP contribution >= 0.6 is 0 Å². The van der Waals surface area contributed by atoms with Gasteiger partial charge in [-0.25, -0.2) is 4.98 Å². The number of anilines is 1. The molecule has 1 aromatic rings. The molecule has 21 heavy (non-hydrogen) atoms. The molecule has 0 aliphatic carbocycles. The third kappa shape index (κ3) is 4.67. The topological polar surface area (TPSA) is 106 Å². The number of rotatable bonds is 7. The van der Waals surface area contributed by atoms with Crippen molar-refractivity contribution in [2.24, 2.45) is 0 Å². The minimum absolute atomic E-state index is 0.0142. The second kappa shape index (κ2) is 7.53. The van der Waals surface area contributed by atoms with Gasteiger partial charge in [0.25, 0.3) is 11.6 Å². The van der Waals surface area contributed by atoms with Crippen molar-refractivity contribution in [3.8, 4) is 0 Å². The van der Waals surface area contributed by atoms with Crippen molar-refractivity contribution in [2.45, 2.75) is 13.3 Å². The predicted octanol–water partition coefficient (Wildman–Crippen LogP) is 0.986. The Hall–Kier alpha value is -2.22. The molecule has 0 aromatic carbocycles. The molecule has 1 aromatic heterocycles. The van der Waals surface area contributed by atoms with E-state index in [1.54, 1.807) is 4.90 Å². The van der Waals surface area contributed by atoms with Crippen molar-refractivity contribution < 1.29 is 9.72 Å². The van der Waals surface area contributed by atoms with Crippen LogP contribution in [-0.2, 0) is 0 Å². The van der Waals surface area contributed by atoms with Crippen LogP contribution in [0, 0.1) is 10.1 Å². The molecule has 1 heterocycles. The molecule has 0 atom stereocenters. The summed E-state index contributed by atoms with van der Waals surface area (Å²) in [5.41, 5.74) is 5.22. The Bertz CT molecular complexity index is 519. The van der Waals surface area contributed by atoms with Gasteiger partial charge in [0.15, 0.2) is 0 Å². The van der Waals surface area contributed by atoms with Crippen LogP contribution in [0.3, 0.4) is 0 Å². The molecule has 0 saturated carbocycles. The van der Waals surface area contributed by atoms with Crippen molar-refractivity contribution in [2.75, 3.05) is 39.5 Å². The quantitative estimate of drug-likeness (QED) is 0.594. The molecule has 2 N–H and O–H groups in total.